The van der Waals surface area contributed by atoms with Crippen LogP contribution in [0.15, 0.2) is 47.4 Å². The Morgan fingerprint density at radius 2 is 1.73 bits per heavy atom. The molecule has 30 heavy (non-hydrogen) atoms. The first-order chi connectivity index (χ1) is 14.0. The number of anilines is 1. The zero-order valence-corrected chi connectivity index (χ0v) is 16.4. The molecule has 1 N–H and O–H groups in total. The van der Waals surface area contributed by atoms with Crippen LogP contribution in [0.25, 0.3) is 0 Å². The molecule has 0 spiro atoms. The smallest absolute Gasteiger partial charge is 0.486 e. The summed E-state index contributed by atoms with van der Waals surface area (Å²) in [5.74, 6) is -0.401. The Morgan fingerprint density at radius 3 is 2.37 bits per heavy atom. The van der Waals surface area contributed by atoms with Crippen LogP contribution in [-0.2, 0) is 14.8 Å². The van der Waals surface area contributed by atoms with Crippen molar-refractivity contribution < 1.29 is 40.6 Å². The molecule has 162 valence electrons. The second-order valence-corrected chi connectivity index (χ2v) is 8.23. The Balaban J connectivity index is 1.63. The van der Waals surface area contributed by atoms with Gasteiger partial charge in [0.1, 0.15) is 19.0 Å². The molecule has 0 bridgehead atoms. The lowest BCUT2D eigenvalue weighted by Crippen LogP contribution is -2.35. The van der Waals surface area contributed by atoms with Crippen molar-refractivity contribution in [3.8, 4) is 17.2 Å². The Morgan fingerprint density at radius 1 is 1.10 bits per heavy atom. The maximum Gasteiger partial charge on any atom is 0.573 e. The molecule has 0 saturated heterocycles. The fourth-order valence-electron chi connectivity index (χ4n) is 2.59. The number of carbonyl (C=O) groups is 1. The molecule has 8 nitrogen and oxygen atoms in total. The van der Waals surface area contributed by atoms with Gasteiger partial charge in [0.15, 0.2) is 11.5 Å². The summed E-state index contributed by atoms with van der Waals surface area (Å²) in [6.45, 7) is 0.140. The van der Waals surface area contributed by atoms with Gasteiger partial charge in [0.05, 0.1) is 11.4 Å². The number of benzene rings is 2. The fourth-order valence-corrected chi connectivity index (χ4v) is 3.73. The Kier molecular flexibility index (Phi) is 6.08. The van der Waals surface area contributed by atoms with Crippen LogP contribution in [0.5, 0.6) is 17.2 Å². The van der Waals surface area contributed by atoms with Gasteiger partial charge >= 0.3 is 6.36 Å². The topological polar surface area (TPSA) is 94.2 Å². The molecule has 0 fully saturated rings. The van der Waals surface area contributed by atoms with E-state index >= 15 is 0 Å². The van der Waals surface area contributed by atoms with E-state index in [2.05, 4.69) is 10.1 Å². The van der Waals surface area contributed by atoms with Gasteiger partial charge in [-0.1, -0.05) is 0 Å². The van der Waals surface area contributed by atoms with E-state index in [4.69, 9.17) is 9.47 Å². The molecule has 3 rings (SSSR count). The molecule has 0 unspecified atom stereocenters. The van der Waals surface area contributed by atoms with Crippen molar-refractivity contribution in [1.29, 1.82) is 0 Å². The van der Waals surface area contributed by atoms with Crippen molar-refractivity contribution in [1.82, 2.24) is 4.31 Å². The predicted molar refractivity (Wildman–Crippen MR) is 99.0 cm³/mol. The minimum absolute atomic E-state index is 0.0734. The zero-order chi connectivity index (χ0) is 21.9. The predicted octanol–water partition coefficient (Wildman–Crippen LogP) is 2.62. The number of carbonyl (C=O) groups excluding carboxylic acids is 1. The lowest BCUT2D eigenvalue weighted by molar-refractivity contribution is -0.274. The number of nitrogens with one attached hydrogen (secondary N) is 1. The van der Waals surface area contributed by atoms with Crippen LogP contribution >= 0.6 is 0 Å². The fraction of sp³-hybridized carbons (Fsp3) is 0.278. The van der Waals surface area contributed by atoms with Gasteiger partial charge in [0.2, 0.25) is 15.9 Å². The monoisotopic (exact) mass is 446 g/mol. The van der Waals surface area contributed by atoms with Gasteiger partial charge in [-0.05, 0) is 36.4 Å². The average molecular weight is 446 g/mol. The molecule has 0 aromatic heterocycles. The third kappa shape index (κ3) is 5.33. The van der Waals surface area contributed by atoms with E-state index in [9.17, 15) is 26.4 Å². The van der Waals surface area contributed by atoms with Crippen LogP contribution in [0.1, 0.15) is 0 Å². The SMILES string of the molecule is CN(CC(=O)Nc1ccc(OC(F)(F)F)cc1)S(=O)(=O)c1ccc2c(c1)OCCO2. The third-order valence-corrected chi connectivity index (χ3v) is 5.76. The molecule has 0 saturated carbocycles. The Bertz CT molecular complexity index is 1030. The summed E-state index contributed by atoms with van der Waals surface area (Å²) >= 11 is 0. The van der Waals surface area contributed by atoms with Gasteiger partial charge in [-0.15, -0.1) is 13.2 Å². The van der Waals surface area contributed by atoms with Crippen LogP contribution in [0, 0.1) is 0 Å². The maximum atomic E-state index is 12.7. The normalized spacial score (nSPS) is 13.8. The standard InChI is InChI=1S/C18H17F3N2O6S/c1-23(30(25,26)14-6-7-15-16(10-14)28-9-8-27-15)11-17(24)22-12-2-4-13(5-3-12)29-18(19,20)21/h2-7,10H,8-9,11H2,1H3,(H,22,24). The first-order valence-corrected chi connectivity index (χ1v) is 10.0. The minimum atomic E-state index is -4.82. The summed E-state index contributed by atoms with van der Waals surface area (Å²) in [5.41, 5.74) is 0.180. The molecule has 2 aromatic carbocycles. The number of likely N-dealkylation sites (N-methyl/N-ethyl adjacent to an activating group) is 1. The first-order valence-electron chi connectivity index (χ1n) is 8.56. The lowest BCUT2D eigenvalue weighted by Gasteiger charge is -2.21. The molecule has 0 radical (unpaired) electrons. The molecule has 1 amide bonds. The van der Waals surface area contributed by atoms with Crippen molar-refractivity contribution in [2.75, 3.05) is 32.1 Å². The van der Waals surface area contributed by atoms with Crippen molar-refractivity contribution in [3.63, 3.8) is 0 Å². The summed E-state index contributed by atoms with van der Waals surface area (Å²) in [7, 11) is -2.77. The molecule has 0 aliphatic carbocycles. The van der Waals surface area contributed by atoms with Crippen LogP contribution < -0.4 is 19.5 Å². The van der Waals surface area contributed by atoms with E-state index in [0.29, 0.717) is 24.7 Å². The summed E-state index contributed by atoms with van der Waals surface area (Å²) in [6.07, 6.45) is -4.82. The average Bonchev–Trinajstić information content (AvgIpc) is 2.68. The van der Waals surface area contributed by atoms with Crippen LogP contribution in [-0.4, -0.2) is 51.8 Å². The van der Waals surface area contributed by atoms with E-state index in [1.54, 1.807) is 0 Å². The molecule has 2 aromatic rings. The summed E-state index contributed by atoms with van der Waals surface area (Å²) in [5, 5.41) is 2.41. The number of halogens is 3. The third-order valence-electron chi connectivity index (χ3n) is 3.96. The number of hydrogen-bond acceptors (Lipinski definition) is 6. The van der Waals surface area contributed by atoms with Gasteiger partial charge in [0.25, 0.3) is 0 Å². The van der Waals surface area contributed by atoms with Gasteiger partial charge in [-0.3, -0.25) is 4.79 Å². The second-order valence-electron chi connectivity index (χ2n) is 6.19. The highest BCUT2D eigenvalue weighted by Crippen LogP contribution is 2.33. The van der Waals surface area contributed by atoms with Gasteiger partial charge in [-0.25, -0.2) is 8.42 Å². The van der Waals surface area contributed by atoms with E-state index in [1.165, 1.54) is 37.4 Å². The molecule has 0 atom stereocenters. The Labute approximate surface area is 170 Å². The maximum absolute atomic E-state index is 12.7. The van der Waals surface area contributed by atoms with E-state index in [-0.39, 0.29) is 10.6 Å². The van der Waals surface area contributed by atoms with E-state index < -0.39 is 34.6 Å². The molecule has 1 aliphatic rings. The molecular weight excluding hydrogens is 429 g/mol. The number of rotatable bonds is 6. The number of sulfonamides is 1. The van der Waals surface area contributed by atoms with Crippen LogP contribution in [0.2, 0.25) is 0 Å². The number of alkyl halides is 3. The lowest BCUT2D eigenvalue weighted by atomic mass is 10.3. The van der Waals surface area contributed by atoms with Gasteiger partial charge in [0, 0.05) is 18.8 Å². The highest BCUT2D eigenvalue weighted by atomic mass is 32.2. The molecule has 1 heterocycles. The van der Waals surface area contributed by atoms with Crippen molar-refractivity contribution in [3.05, 3.63) is 42.5 Å². The molecule has 12 heteroatoms. The van der Waals surface area contributed by atoms with Crippen LogP contribution in [0.4, 0.5) is 18.9 Å². The van der Waals surface area contributed by atoms with Gasteiger partial charge in [-0.2, -0.15) is 4.31 Å². The number of ether oxygens (including phenoxy) is 3. The molecular formula is C18H17F3N2O6S. The van der Waals surface area contributed by atoms with E-state index in [1.807, 2.05) is 0 Å². The summed E-state index contributed by atoms with van der Waals surface area (Å²) in [6, 6.07) is 8.59. The second kappa shape index (κ2) is 8.40. The highest BCUT2D eigenvalue weighted by Gasteiger charge is 2.31. The number of hydrogen-bond donors (Lipinski definition) is 1. The number of amides is 1. The Hall–Kier alpha value is -2.99. The van der Waals surface area contributed by atoms with Crippen molar-refractivity contribution in [2.45, 2.75) is 11.3 Å². The summed E-state index contributed by atoms with van der Waals surface area (Å²) < 4.78 is 77.2. The quantitative estimate of drug-likeness (QED) is 0.733. The first kappa shape index (κ1) is 21.7. The minimum Gasteiger partial charge on any atom is -0.486 e. The number of fused-ring (bicyclic) bond motifs is 1. The molecule has 1 aliphatic heterocycles. The van der Waals surface area contributed by atoms with Gasteiger partial charge < -0.3 is 19.5 Å². The van der Waals surface area contributed by atoms with Crippen LogP contribution in [0.3, 0.4) is 0 Å². The van der Waals surface area contributed by atoms with Crippen molar-refractivity contribution >= 4 is 21.6 Å². The number of nitrogens with zero attached hydrogens (tertiary/aromatic N) is 1. The summed E-state index contributed by atoms with van der Waals surface area (Å²) in [4.78, 5) is 12.1. The van der Waals surface area contributed by atoms with Crippen molar-refractivity contribution in [2.24, 2.45) is 0 Å². The highest BCUT2D eigenvalue weighted by molar-refractivity contribution is 7.89. The zero-order valence-electron chi connectivity index (χ0n) is 15.6. The van der Waals surface area contributed by atoms with E-state index in [0.717, 1.165) is 16.4 Å². The largest absolute Gasteiger partial charge is 0.573 e.